The maximum absolute atomic E-state index is 5.87. The average molecular weight is 257 g/mol. The summed E-state index contributed by atoms with van der Waals surface area (Å²) >= 11 is 1.60. The summed E-state index contributed by atoms with van der Waals surface area (Å²) in [6.07, 6.45) is 0. The van der Waals surface area contributed by atoms with E-state index < -0.39 is 0 Å². The van der Waals surface area contributed by atoms with Gasteiger partial charge in [-0.15, -0.1) is 0 Å². The lowest BCUT2D eigenvalue weighted by molar-refractivity contribution is 0.432. The predicted molar refractivity (Wildman–Crippen MR) is 72.2 cm³/mol. The third kappa shape index (κ3) is 1.78. The quantitative estimate of drug-likeness (QED) is 0.715. The van der Waals surface area contributed by atoms with Crippen molar-refractivity contribution >= 4 is 17.0 Å². The zero-order valence-corrected chi connectivity index (χ0v) is 10.6. The van der Waals surface area contributed by atoms with Gasteiger partial charge in [0.15, 0.2) is 0 Å². The summed E-state index contributed by atoms with van der Waals surface area (Å²) in [5, 5.41) is 7.96. The first-order chi connectivity index (χ1) is 8.75. The first kappa shape index (κ1) is 11.0. The van der Waals surface area contributed by atoms with Crippen molar-refractivity contribution < 1.29 is 4.52 Å². The van der Waals surface area contributed by atoms with Gasteiger partial charge in [-0.05, 0) is 36.1 Å². The normalized spacial score (nSPS) is 10.7. The van der Waals surface area contributed by atoms with Gasteiger partial charge in [-0.2, -0.15) is 16.3 Å². The standard InChI is InChI=1S/C13H11N3OS/c1-8-10(3-2-4-11(8)14)13-15-12(16-17-13)9-5-6-18-7-9/h2-7H,14H2,1H3. The van der Waals surface area contributed by atoms with E-state index in [-0.39, 0.29) is 0 Å². The first-order valence-corrected chi connectivity index (χ1v) is 6.42. The molecule has 0 amide bonds. The molecule has 0 radical (unpaired) electrons. The van der Waals surface area contributed by atoms with Crippen LogP contribution in [0, 0.1) is 6.92 Å². The van der Waals surface area contributed by atoms with Crippen LogP contribution in [0.15, 0.2) is 39.5 Å². The van der Waals surface area contributed by atoms with Crippen LogP contribution in [0.1, 0.15) is 5.56 Å². The van der Waals surface area contributed by atoms with Crippen LogP contribution >= 0.6 is 11.3 Å². The molecule has 2 heterocycles. The Hall–Kier alpha value is -2.14. The van der Waals surface area contributed by atoms with Crippen LogP contribution in [-0.4, -0.2) is 10.1 Å². The third-order valence-electron chi connectivity index (χ3n) is 2.81. The van der Waals surface area contributed by atoms with Gasteiger partial charge in [0.25, 0.3) is 5.89 Å². The van der Waals surface area contributed by atoms with E-state index in [9.17, 15) is 0 Å². The highest BCUT2D eigenvalue weighted by molar-refractivity contribution is 7.08. The van der Waals surface area contributed by atoms with Crippen LogP contribution in [0.25, 0.3) is 22.8 Å². The van der Waals surface area contributed by atoms with Crippen molar-refractivity contribution in [2.45, 2.75) is 6.92 Å². The monoisotopic (exact) mass is 257 g/mol. The number of benzene rings is 1. The number of nitrogens with zero attached hydrogens (tertiary/aromatic N) is 2. The zero-order chi connectivity index (χ0) is 12.5. The fourth-order valence-electron chi connectivity index (χ4n) is 1.73. The van der Waals surface area contributed by atoms with E-state index in [1.165, 1.54) is 0 Å². The highest BCUT2D eigenvalue weighted by Gasteiger charge is 2.13. The Labute approximate surface area is 108 Å². The van der Waals surface area contributed by atoms with E-state index >= 15 is 0 Å². The van der Waals surface area contributed by atoms with Crippen molar-refractivity contribution in [2.75, 3.05) is 5.73 Å². The summed E-state index contributed by atoms with van der Waals surface area (Å²) in [6, 6.07) is 7.63. The summed E-state index contributed by atoms with van der Waals surface area (Å²) in [5.74, 6) is 1.11. The summed E-state index contributed by atoms with van der Waals surface area (Å²) in [6.45, 7) is 1.94. The maximum atomic E-state index is 5.87. The lowest BCUT2D eigenvalue weighted by Crippen LogP contribution is -1.91. The van der Waals surface area contributed by atoms with E-state index in [4.69, 9.17) is 10.3 Å². The Balaban J connectivity index is 2.06. The Morgan fingerprint density at radius 1 is 1.28 bits per heavy atom. The Bertz CT molecular complexity index is 673. The molecule has 0 spiro atoms. The molecule has 3 aromatic rings. The van der Waals surface area contributed by atoms with Gasteiger partial charge < -0.3 is 10.3 Å². The number of nitrogen functional groups attached to an aromatic ring is 1. The minimum absolute atomic E-state index is 0.501. The molecule has 2 aromatic heterocycles. The Kier molecular flexibility index (Phi) is 2.60. The number of thiophene rings is 1. The van der Waals surface area contributed by atoms with Gasteiger partial charge in [0.2, 0.25) is 5.82 Å². The molecule has 0 bridgehead atoms. The van der Waals surface area contributed by atoms with Gasteiger partial charge in [0, 0.05) is 22.2 Å². The fourth-order valence-corrected chi connectivity index (χ4v) is 2.36. The maximum Gasteiger partial charge on any atom is 0.258 e. The molecular formula is C13H11N3OS. The molecule has 0 aliphatic rings. The lowest BCUT2D eigenvalue weighted by atomic mass is 10.1. The molecule has 0 unspecified atom stereocenters. The third-order valence-corrected chi connectivity index (χ3v) is 3.49. The molecule has 3 rings (SSSR count). The van der Waals surface area contributed by atoms with Crippen LogP contribution in [0.3, 0.4) is 0 Å². The molecule has 0 aliphatic heterocycles. The van der Waals surface area contributed by atoms with E-state index in [1.807, 2.05) is 41.9 Å². The molecule has 4 nitrogen and oxygen atoms in total. The minimum atomic E-state index is 0.501. The molecule has 1 aromatic carbocycles. The molecule has 2 N–H and O–H groups in total. The SMILES string of the molecule is Cc1c(N)cccc1-c1nc(-c2ccsc2)no1. The largest absolute Gasteiger partial charge is 0.398 e. The highest BCUT2D eigenvalue weighted by Crippen LogP contribution is 2.28. The van der Waals surface area contributed by atoms with Gasteiger partial charge in [-0.3, -0.25) is 0 Å². The summed E-state index contributed by atoms with van der Waals surface area (Å²) in [7, 11) is 0. The van der Waals surface area contributed by atoms with Crippen molar-refractivity contribution in [3.63, 3.8) is 0 Å². The molecule has 5 heteroatoms. The molecule has 0 saturated heterocycles. The van der Waals surface area contributed by atoms with Crippen molar-refractivity contribution in [1.82, 2.24) is 10.1 Å². The second-order valence-corrected chi connectivity index (χ2v) is 4.73. The van der Waals surface area contributed by atoms with Crippen LogP contribution in [0.2, 0.25) is 0 Å². The second-order valence-electron chi connectivity index (χ2n) is 3.95. The molecule has 90 valence electrons. The summed E-state index contributed by atoms with van der Waals surface area (Å²) in [5.41, 5.74) is 9.40. The lowest BCUT2D eigenvalue weighted by Gasteiger charge is -2.02. The predicted octanol–water partition coefficient (Wildman–Crippen LogP) is 3.36. The number of rotatable bonds is 2. The summed E-state index contributed by atoms with van der Waals surface area (Å²) < 4.78 is 5.30. The molecule has 0 saturated carbocycles. The fraction of sp³-hybridized carbons (Fsp3) is 0.0769. The number of aromatic nitrogens is 2. The first-order valence-electron chi connectivity index (χ1n) is 5.47. The van der Waals surface area contributed by atoms with E-state index in [0.29, 0.717) is 11.7 Å². The van der Waals surface area contributed by atoms with Gasteiger partial charge in [-0.25, -0.2) is 0 Å². The van der Waals surface area contributed by atoms with E-state index in [2.05, 4.69) is 10.1 Å². The van der Waals surface area contributed by atoms with Crippen LogP contribution < -0.4 is 5.73 Å². The van der Waals surface area contributed by atoms with Gasteiger partial charge in [0.05, 0.1) is 0 Å². The van der Waals surface area contributed by atoms with Crippen molar-refractivity contribution in [3.05, 3.63) is 40.6 Å². The van der Waals surface area contributed by atoms with Crippen LogP contribution in [0.4, 0.5) is 5.69 Å². The Morgan fingerprint density at radius 2 is 2.17 bits per heavy atom. The van der Waals surface area contributed by atoms with Crippen LogP contribution in [-0.2, 0) is 0 Å². The number of hydrogen-bond donors (Lipinski definition) is 1. The molecule has 0 fully saturated rings. The topological polar surface area (TPSA) is 64.9 Å². The average Bonchev–Trinajstić information content (AvgIpc) is 3.01. The van der Waals surface area contributed by atoms with Gasteiger partial charge in [-0.1, -0.05) is 11.2 Å². The smallest absolute Gasteiger partial charge is 0.258 e. The van der Waals surface area contributed by atoms with E-state index in [1.54, 1.807) is 11.3 Å². The van der Waals surface area contributed by atoms with Crippen LogP contribution in [0.5, 0.6) is 0 Å². The van der Waals surface area contributed by atoms with Gasteiger partial charge in [0.1, 0.15) is 0 Å². The van der Waals surface area contributed by atoms with Gasteiger partial charge >= 0.3 is 0 Å². The molecular weight excluding hydrogens is 246 g/mol. The van der Waals surface area contributed by atoms with Crippen molar-refractivity contribution in [3.8, 4) is 22.8 Å². The summed E-state index contributed by atoms with van der Waals surface area (Å²) in [4.78, 5) is 4.40. The number of anilines is 1. The molecule has 18 heavy (non-hydrogen) atoms. The molecule has 0 aliphatic carbocycles. The minimum Gasteiger partial charge on any atom is -0.398 e. The van der Waals surface area contributed by atoms with Crippen molar-refractivity contribution in [2.24, 2.45) is 0 Å². The van der Waals surface area contributed by atoms with Crippen molar-refractivity contribution in [1.29, 1.82) is 0 Å². The van der Waals surface area contributed by atoms with E-state index in [0.717, 1.165) is 22.4 Å². The zero-order valence-electron chi connectivity index (χ0n) is 9.75. The Morgan fingerprint density at radius 3 is 2.94 bits per heavy atom. The number of hydrogen-bond acceptors (Lipinski definition) is 5. The highest BCUT2D eigenvalue weighted by atomic mass is 32.1. The molecule has 0 atom stereocenters. The second kappa shape index (κ2) is 4.27. The number of nitrogens with two attached hydrogens (primary N) is 1.